The van der Waals surface area contributed by atoms with E-state index in [2.05, 4.69) is 0 Å². The highest BCUT2D eigenvalue weighted by Gasteiger charge is 2.27. The van der Waals surface area contributed by atoms with Crippen molar-refractivity contribution in [1.82, 2.24) is 4.90 Å². The Labute approximate surface area is 125 Å². The lowest BCUT2D eigenvalue weighted by Crippen LogP contribution is -2.44. The number of hydrogen-bond donors (Lipinski definition) is 1. The summed E-state index contributed by atoms with van der Waals surface area (Å²) in [7, 11) is 1.90. The van der Waals surface area contributed by atoms with Crippen molar-refractivity contribution in [2.75, 3.05) is 31.6 Å². The molecule has 1 aliphatic rings. The van der Waals surface area contributed by atoms with E-state index in [1.807, 2.05) is 43.1 Å². The molecular weight excluding hydrogens is 268 g/mol. The summed E-state index contributed by atoms with van der Waals surface area (Å²) in [6.45, 7) is 3.43. The van der Waals surface area contributed by atoms with Crippen molar-refractivity contribution >= 4 is 17.6 Å². The number of carboxylic acids is 1. The predicted molar refractivity (Wildman–Crippen MR) is 81.4 cm³/mol. The summed E-state index contributed by atoms with van der Waals surface area (Å²) in [4.78, 5) is 26.9. The maximum Gasteiger partial charge on any atom is 0.306 e. The van der Waals surface area contributed by atoms with Gasteiger partial charge in [0.1, 0.15) is 0 Å². The van der Waals surface area contributed by atoms with Crippen LogP contribution in [0.25, 0.3) is 0 Å². The first-order chi connectivity index (χ1) is 9.97. The van der Waals surface area contributed by atoms with Crippen LogP contribution in [0.1, 0.15) is 18.4 Å². The Bertz CT molecular complexity index is 505. The van der Waals surface area contributed by atoms with Crippen molar-refractivity contribution in [3.05, 3.63) is 29.8 Å². The molecule has 0 radical (unpaired) electrons. The van der Waals surface area contributed by atoms with Gasteiger partial charge in [-0.05, 0) is 31.9 Å². The van der Waals surface area contributed by atoms with Gasteiger partial charge in [-0.25, -0.2) is 0 Å². The summed E-state index contributed by atoms with van der Waals surface area (Å²) in [5.74, 6) is -0.996. The van der Waals surface area contributed by atoms with Crippen LogP contribution >= 0.6 is 0 Å². The van der Waals surface area contributed by atoms with Crippen molar-refractivity contribution in [2.24, 2.45) is 5.92 Å². The Kier molecular flexibility index (Phi) is 4.83. The van der Waals surface area contributed by atoms with E-state index in [1.54, 1.807) is 4.90 Å². The standard InChI is InChI=1S/C16H22N2O3/c1-12-3-5-14(6-4-12)17(2)11-15(19)18-9-7-13(8-10-18)16(20)21/h3-6,13H,7-11H2,1-2H3,(H,20,21). The summed E-state index contributed by atoms with van der Waals surface area (Å²) in [5, 5.41) is 8.97. The van der Waals surface area contributed by atoms with Gasteiger partial charge >= 0.3 is 5.97 Å². The van der Waals surface area contributed by atoms with Crippen molar-refractivity contribution < 1.29 is 14.7 Å². The van der Waals surface area contributed by atoms with Crippen LogP contribution in [0.5, 0.6) is 0 Å². The Morgan fingerprint density at radius 3 is 2.33 bits per heavy atom. The fraction of sp³-hybridized carbons (Fsp3) is 0.500. The number of aryl methyl sites for hydroxylation is 1. The Morgan fingerprint density at radius 1 is 1.24 bits per heavy atom. The highest BCUT2D eigenvalue weighted by Crippen LogP contribution is 2.18. The molecule has 0 aliphatic carbocycles. The lowest BCUT2D eigenvalue weighted by atomic mass is 9.97. The lowest BCUT2D eigenvalue weighted by molar-refractivity contribution is -0.145. The molecule has 1 N–H and O–H groups in total. The molecule has 1 heterocycles. The SMILES string of the molecule is Cc1ccc(N(C)CC(=O)N2CCC(C(=O)O)CC2)cc1. The minimum absolute atomic E-state index is 0.0573. The number of rotatable bonds is 4. The molecule has 21 heavy (non-hydrogen) atoms. The van der Waals surface area contributed by atoms with E-state index in [4.69, 9.17) is 5.11 Å². The van der Waals surface area contributed by atoms with Crippen LogP contribution in [0, 0.1) is 12.8 Å². The Morgan fingerprint density at radius 2 is 1.81 bits per heavy atom. The third-order valence-electron chi connectivity index (χ3n) is 4.04. The van der Waals surface area contributed by atoms with Gasteiger partial charge in [-0.2, -0.15) is 0 Å². The quantitative estimate of drug-likeness (QED) is 0.918. The summed E-state index contributed by atoms with van der Waals surface area (Å²) >= 11 is 0. The first-order valence-corrected chi connectivity index (χ1v) is 7.26. The Hall–Kier alpha value is -2.04. The molecule has 5 nitrogen and oxygen atoms in total. The van der Waals surface area contributed by atoms with Gasteiger partial charge in [-0.1, -0.05) is 17.7 Å². The molecule has 1 amide bonds. The fourth-order valence-electron chi connectivity index (χ4n) is 2.57. The number of anilines is 1. The van der Waals surface area contributed by atoms with Gasteiger partial charge in [-0.3, -0.25) is 9.59 Å². The molecule has 1 aromatic rings. The van der Waals surface area contributed by atoms with Crippen LogP contribution in [0.3, 0.4) is 0 Å². The summed E-state index contributed by atoms with van der Waals surface area (Å²) < 4.78 is 0. The van der Waals surface area contributed by atoms with Crippen LogP contribution in [0.2, 0.25) is 0 Å². The molecule has 114 valence electrons. The second-order valence-electron chi connectivity index (χ2n) is 5.68. The van der Waals surface area contributed by atoms with Gasteiger partial charge in [-0.15, -0.1) is 0 Å². The minimum atomic E-state index is -0.751. The number of likely N-dealkylation sites (N-methyl/N-ethyl adjacent to an activating group) is 1. The molecule has 0 atom stereocenters. The smallest absolute Gasteiger partial charge is 0.306 e. The van der Waals surface area contributed by atoms with E-state index >= 15 is 0 Å². The summed E-state index contributed by atoms with van der Waals surface area (Å²) in [6.07, 6.45) is 1.10. The number of carbonyl (C=O) groups is 2. The van der Waals surface area contributed by atoms with Crippen molar-refractivity contribution in [3.8, 4) is 0 Å². The van der Waals surface area contributed by atoms with E-state index in [0.29, 0.717) is 32.5 Å². The molecule has 1 saturated heterocycles. The van der Waals surface area contributed by atoms with Gasteiger partial charge in [0.2, 0.25) is 5.91 Å². The minimum Gasteiger partial charge on any atom is -0.481 e. The van der Waals surface area contributed by atoms with Crippen molar-refractivity contribution in [2.45, 2.75) is 19.8 Å². The van der Waals surface area contributed by atoms with Gasteiger partial charge in [0.05, 0.1) is 12.5 Å². The molecule has 0 unspecified atom stereocenters. The van der Waals surface area contributed by atoms with Gasteiger partial charge in [0, 0.05) is 25.8 Å². The highest BCUT2D eigenvalue weighted by atomic mass is 16.4. The molecule has 1 aliphatic heterocycles. The lowest BCUT2D eigenvalue weighted by Gasteiger charge is -2.31. The first kappa shape index (κ1) is 15.4. The maximum absolute atomic E-state index is 12.3. The van der Waals surface area contributed by atoms with E-state index < -0.39 is 5.97 Å². The topological polar surface area (TPSA) is 60.9 Å². The summed E-state index contributed by atoms with van der Waals surface area (Å²) in [5.41, 5.74) is 2.20. The monoisotopic (exact) mass is 290 g/mol. The number of carboxylic acid groups (broad SMARTS) is 1. The predicted octanol–water partition coefficient (Wildman–Crippen LogP) is 1.75. The molecule has 0 bridgehead atoms. The molecular formula is C16H22N2O3. The van der Waals surface area contributed by atoms with Crippen LogP contribution < -0.4 is 4.90 Å². The molecule has 0 aromatic heterocycles. The largest absolute Gasteiger partial charge is 0.481 e. The molecule has 5 heteroatoms. The molecule has 1 aromatic carbocycles. The summed E-state index contributed by atoms with van der Waals surface area (Å²) in [6, 6.07) is 8.04. The van der Waals surface area contributed by atoms with E-state index in [9.17, 15) is 9.59 Å². The zero-order valence-electron chi connectivity index (χ0n) is 12.6. The zero-order valence-corrected chi connectivity index (χ0v) is 12.6. The van der Waals surface area contributed by atoms with Gasteiger partial charge in [0.25, 0.3) is 0 Å². The zero-order chi connectivity index (χ0) is 15.4. The van der Waals surface area contributed by atoms with E-state index in [-0.39, 0.29) is 11.8 Å². The van der Waals surface area contributed by atoms with E-state index in [0.717, 1.165) is 5.69 Å². The first-order valence-electron chi connectivity index (χ1n) is 7.26. The average molecular weight is 290 g/mol. The van der Waals surface area contributed by atoms with Gasteiger partial charge < -0.3 is 14.9 Å². The van der Waals surface area contributed by atoms with Crippen LogP contribution in [-0.4, -0.2) is 48.6 Å². The van der Waals surface area contributed by atoms with Crippen molar-refractivity contribution in [1.29, 1.82) is 0 Å². The maximum atomic E-state index is 12.3. The molecule has 0 spiro atoms. The molecule has 2 rings (SSSR count). The van der Waals surface area contributed by atoms with Crippen molar-refractivity contribution in [3.63, 3.8) is 0 Å². The number of carbonyl (C=O) groups excluding carboxylic acids is 1. The third-order valence-corrected chi connectivity index (χ3v) is 4.04. The number of likely N-dealkylation sites (tertiary alicyclic amines) is 1. The molecule has 0 saturated carbocycles. The Balaban J connectivity index is 1.87. The number of hydrogen-bond acceptors (Lipinski definition) is 3. The average Bonchev–Trinajstić information content (AvgIpc) is 2.47. The number of nitrogens with zero attached hydrogens (tertiary/aromatic N) is 2. The molecule has 1 fully saturated rings. The second kappa shape index (κ2) is 6.61. The number of amides is 1. The van der Waals surface area contributed by atoms with Gasteiger partial charge in [0.15, 0.2) is 0 Å². The number of aliphatic carboxylic acids is 1. The normalized spacial score (nSPS) is 15.8. The van der Waals surface area contributed by atoms with Crippen LogP contribution in [-0.2, 0) is 9.59 Å². The van der Waals surface area contributed by atoms with Crippen LogP contribution in [0.4, 0.5) is 5.69 Å². The third kappa shape index (κ3) is 3.97. The number of benzene rings is 1. The van der Waals surface area contributed by atoms with Crippen LogP contribution in [0.15, 0.2) is 24.3 Å². The fourth-order valence-corrected chi connectivity index (χ4v) is 2.57. The highest BCUT2D eigenvalue weighted by molar-refractivity contribution is 5.81. The number of piperidine rings is 1. The second-order valence-corrected chi connectivity index (χ2v) is 5.68. The van der Waals surface area contributed by atoms with E-state index in [1.165, 1.54) is 5.56 Å².